The average Bonchev–Trinajstić information content (AvgIpc) is 2.69. The zero-order chi connectivity index (χ0) is 21.4. The molecule has 154 valence electrons. The molecule has 0 aromatic heterocycles. The Morgan fingerprint density at radius 1 is 1.17 bits per heavy atom. The number of benzene rings is 2. The molecule has 0 fully saturated rings. The van der Waals surface area contributed by atoms with Crippen LogP contribution in [0.15, 0.2) is 64.1 Å². The van der Waals surface area contributed by atoms with Crippen molar-refractivity contribution >= 4 is 33.7 Å². The van der Waals surface area contributed by atoms with Crippen LogP contribution >= 0.6 is 0 Å². The van der Waals surface area contributed by atoms with E-state index in [0.717, 1.165) is 17.2 Å². The summed E-state index contributed by atoms with van der Waals surface area (Å²) in [7, 11) is -3.91. The molecule has 0 spiro atoms. The molecule has 2 aromatic rings. The van der Waals surface area contributed by atoms with Crippen molar-refractivity contribution in [2.24, 2.45) is 5.10 Å². The number of anilines is 1. The minimum atomic E-state index is -3.91. The zero-order valence-electron chi connectivity index (χ0n) is 16.6. The number of allylic oxidation sites excluding steroid dienone is 1. The van der Waals surface area contributed by atoms with Gasteiger partial charge in [0.2, 0.25) is 10.0 Å². The first-order valence-electron chi connectivity index (χ1n) is 9.10. The molecule has 0 unspecified atom stereocenters. The van der Waals surface area contributed by atoms with Gasteiger partial charge in [-0.2, -0.15) is 9.41 Å². The second-order valence-electron chi connectivity index (χ2n) is 6.20. The number of sulfonamides is 1. The topological polar surface area (TPSA) is 105 Å². The van der Waals surface area contributed by atoms with E-state index >= 15 is 0 Å². The highest BCUT2D eigenvalue weighted by Crippen LogP contribution is 2.29. The van der Waals surface area contributed by atoms with Gasteiger partial charge in [-0.05, 0) is 24.1 Å². The quantitative estimate of drug-likeness (QED) is 0.376. The van der Waals surface area contributed by atoms with Gasteiger partial charge in [-0.1, -0.05) is 50.3 Å². The van der Waals surface area contributed by atoms with Crippen molar-refractivity contribution in [3.05, 3.63) is 69.8 Å². The van der Waals surface area contributed by atoms with Gasteiger partial charge in [0.25, 0.3) is 5.69 Å². The van der Waals surface area contributed by atoms with Gasteiger partial charge in [0.1, 0.15) is 4.90 Å². The molecule has 2 aromatic carbocycles. The minimum Gasteiger partial charge on any atom is -0.277 e. The molecule has 0 amide bonds. The molecule has 0 saturated carbocycles. The van der Waals surface area contributed by atoms with Crippen LogP contribution in [0, 0.1) is 10.1 Å². The molecule has 8 nitrogen and oxygen atoms in total. The lowest BCUT2D eigenvalue weighted by molar-refractivity contribution is -0.385. The van der Waals surface area contributed by atoms with Crippen LogP contribution in [-0.4, -0.2) is 37.0 Å². The number of hydrogen-bond donors (Lipinski definition) is 1. The molecule has 0 radical (unpaired) electrons. The van der Waals surface area contributed by atoms with E-state index in [1.807, 2.05) is 43.3 Å². The van der Waals surface area contributed by atoms with Crippen LogP contribution in [0.3, 0.4) is 0 Å². The van der Waals surface area contributed by atoms with Crippen LogP contribution in [0.2, 0.25) is 0 Å². The summed E-state index contributed by atoms with van der Waals surface area (Å²) < 4.78 is 27.1. The van der Waals surface area contributed by atoms with E-state index in [-0.39, 0.29) is 29.4 Å². The van der Waals surface area contributed by atoms with Gasteiger partial charge in [-0.3, -0.25) is 15.5 Å². The average molecular weight is 417 g/mol. The van der Waals surface area contributed by atoms with Gasteiger partial charge in [0, 0.05) is 25.2 Å². The van der Waals surface area contributed by atoms with Crippen molar-refractivity contribution in [2.75, 3.05) is 18.5 Å². The number of rotatable bonds is 9. The maximum absolute atomic E-state index is 12.9. The van der Waals surface area contributed by atoms with E-state index in [1.165, 1.54) is 16.4 Å². The lowest BCUT2D eigenvalue weighted by atomic mass is 10.1. The number of hydrogen-bond acceptors (Lipinski definition) is 6. The first-order chi connectivity index (χ1) is 13.8. The fourth-order valence-electron chi connectivity index (χ4n) is 2.69. The van der Waals surface area contributed by atoms with Crippen molar-refractivity contribution in [3.63, 3.8) is 0 Å². The third kappa shape index (κ3) is 5.72. The highest BCUT2D eigenvalue weighted by Gasteiger charge is 2.27. The van der Waals surface area contributed by atoms with Crippen molar-refractivity contribution in [1.82, 2.24) is 4.31 Å². The Balaban J connectivity index is 2.35. The molecular weight excluding hydrogens is 392 g/mol. The van der Waals surface area contributed by atoms with Crippen LogP contribution in [0.4, 0.5) is 11.4 Å². The Morgan fingerprint density at radius 3 is 2.41 bits per heavy atom. The second-order valence-corrected chi connectivity index (χ2v) is 8.10. The molecule has 0 saturated heterocycles. The highest BCUT2D eigenvalue weighted by molar-refractivity contribution is 7.89. The smallest absolute Gasteiger partial charge is 0.270 e. The normalized spacial score (nSPS) is 12.5. The van der Waals surface area contributed by atoms with Crippen LogP contribution in [0.5, 0.6) is 0 Å². The van der Waals surface area contributed by atoms with Crippen molar-refractivity contribution in [1.29, 1.82) is 0 Å². The Morgan fingerprint density at radius 2 is 1.83 bits per heavy atom. The predicted molar refractivity (Wildman–Crippen MR) is 115 cm³/mol. The maximum Gasteiger partial charge on any atom is 0.270 e. The number of non-ortho nitro benzene ring substituents is 1. The van der Waals surface area contributed by atoms with Gasteiger partial charge in [-0.25, -0.2) is 8.42 Å². The summed E-state index contributed by atoms with van der Waals surface area (Å²) in [5.41, 5.74) is 4.43. The predicted octanol–water partition coefficient (Wildman–Crippen LogP) is 4.13. The lowest BCUT2D eigenvalue weighted by Crippen LogP contribution is -2.31. The van der Waals surface area contributed by atoms with Crippen LogP contribution in [-0.2, 0) is 10.0 Å². The van der Waals surface area contributed by atoms with Crippen molar-refractivity contribution in [3.8, 4) is 0 Å². The van der Waals surface area contributed by atoms with Gasteiger partial charge in [0.15, 0.2) is 0 Å². The molecule has 29 heavy (non-hydrogen) atoms. The molecular formula is C20H24N4O4S. The summed E-state index contributed by atoms with van der Waals surface area (Å²) in [5.74, 6) is 0. The van der Waals surface area contributed by atoms with Crippen molar-refractivity contribution in [2.45, 2.75) is 25.7 Å². The Labute approximate surface area is 170 Å². The first kappa shape index (κ1) is 22.3. The minimum absolute atomic E-state index is 0.172. The molecule has 0 aliphatic heterocycles. The van der Waals surface area contributed by atoms with Gasteiger partial charge in [-0.15, -0.1) is 0 Å². The second kappa shape index (κ2) is 9.94. The zero-order valence-corrected chi connectivity index (χ0v) is 17.4. The van der Waals surface area contributed by atoms with Crippen molar-refractivity contribution < 1.29 is 13.3 Å². The summed E-state index contributed by atoms with van der Waals surface area (Å²) in [6.45, 7) is 5.79. The third-order valence-corrected chi connectivity index (χ3v) is 6.24. The van der Waals surface area contributed by atoms with E-state index in [1.54, 1.807) is 20.1 Å². The molecule has 1 N–H and O–H groups in total. The summed E-state index contributed by atoms with van der Waals surface area (Å²) in [4.78, 5) is 10.3. The van der Waals surface area contributed by atoms with Gasteiger partial charge in [0.05, 0.1) is 16.8 Å². The number of nitrogens with zero attached hydrogens (tertiary/aromatic N) is 3. The third-order valence-electron chi connectivity index (χ3n) is 4.15. The Bertz CT molecular complexity index is 1010. The first-order valence-corrected chi connectivity index (χ1v) is 10.5. The number of nitro groups is 1. The Hall–Kier alpha value is -3.04. The molecule has 2 rings (SSSR count). The van der Waals surface area contributed by atoms with E-state index < -0.39 is 14.9 Å². The number of hydrazone groups is 1. The lowest BCUT2D eigenvalue weighted by Gasteiger charge is -2.20. The number of nitrogens with one attached hydrogen (secondary N) is 1. The fourth-order valence-corrected chi connectivity index (χ4v) is 4.31. The van der Waals surface area contributed by atoms with Crippen LogP contribution in [0.1, 0.15) is 26.3 Å². The molecule has 0 bridgehead atoms. The molecule has 0 aliphatic carbocycles. The van der Waals surface area contributed by atoms with Crippen LogP contribution < -0.4 is 5.43 Å². The highest BCUT2D eigenvalue weighted by atomic mass is 32.2. The SMILES string of the molecule is CCN(CC)S(=O)(=O)c1cc([N+](=O)[O-])ccc1N/N=C/C(C)=C/c1ccccc1. The standard InChI is InChI=1S/C20H24N4O4S/c1-4-23(5-2)29(27,28)20-14-18(24(25)26)11-12-19(20)22-21-15-16(3)13-17-9-7-6-8-10-17/h6-15,22H,4-5H2,1-3H3/b16-13+,21-15+. The molecule has 9 heteroatoms. The summed E-state index contributed by atoms with van der Waals surface area (Å²) >= 11 is 0. The van der Waals surface area contributed by atoms with E-state index in [2.05, 4.69) is 10.5 Å². The number of nitro benzene ring substituents is 1. The molecule has 0 heterocycles. The maximum atomic E-state index is 12.9. The fraction of sp³-hybridized carbons (Fsp3) is 0.250. The van der Waals surface area contributed by atoms with Crippen LogP contribution in [0.25, 0.3) is 6.08 Å². The van der Waals surface area contributed by atoms with E-state index in [9.17, 15) is 18.5 Å². The van der Waals surface area contributed by atoms with Gasteiger partial charge < -0.3 is 0 Å². The van der Waals surface area contributed by atoms with E-state index in [0.29, 0.717) is 0 Å². The molecule has 0 atom stereocenters. The summed E-state index contributed by atoms with van der Waals surface area (Å²) in [6, 6.07) is 13.3. The monoisotopic (exact) mass is 416 g/mol. The molecule has 0 aliphatic rings. The van der Waals surface area contributed by atoms with E-state index in [4.69, 9.17) is 0 Å². The summed E-state index contributed by atoms with van der Waals surface area (Å²) in [6.07, 6.45) is 3.48. The Kier molecular flexibility index (Phi) is 7.63. The largest absolute Gasteiger partial charge is 0.277 e. The summed E-state index contributed by atoms with van der Waals surface area (Å²) in [5, 5.41) is 15.2. The van der Waals surface area contributed by atoms with Gasteiger partial charge >= 0.3 is 0 Å².